The summed E-state index contributed by atoms with van der Waals surface area (Å²) in [4.78, 5) is 39.4. The molecule has 6 nitrogen and oxygen atoms in total. The van der Waals surface area contributed by atoms with Crippen molar-refractivity contribution in [3.05, 3.63) is 35.4 Å². The molecule has 1 aliphatic heterocycles. The molecule has 3 rings (SSSR count). The van der Waals surface area contributed by atoms with Crippen molar-refractivity contribution in [1.82, 2.24) is 10.2 Å². The molecule has 1 unspecified atom stereocenters. The molecule has 0 aromatic heterocycles. The van der Waals surface area contributed by atoms with Crippen LogP contribution < -0.4 is 5.32 Å². The molecule has 1 aromatic carbocycles. The Balaban J connectivity index is 1.76. The van der Waals surface area contributed by atoms with Gasteiger partial charge in [0.25, 0.3) is 5.91 Å². The molecular weight excluding hydrogens is 344 g/mol. The van der Waals surface area contributed by atoms with Crippen LogP contribution in [0.1, 0.15) is 49.0 Å². The predicted molar refractivity (Wildman–Crippen MR) is 101 cm³/mol. The quantitative estimate of drug-likeness (QED) is 0.831. The molecule has 27 heavy (non-hydrogen) atoms. The number of carboxylic acids is 1. The van der Waals surface area contributed by atoms with Gasteiger partial charge in [-0.05, 0) is 43.2 Å². The molecular formula is C21H28N2O4. The van der Waals surface area contributed by atoms with Crippen LogP contribution in [0, 0.1) is 24.2 Å². The topological polar surface area (TPSA) is 86.7 Å². The second-order valence-corrected chi connectivity index (χ2v) is 8.28. The number of aryl methyl sites for hydroxylation is 1. The lowest BCUT2D eigenvalue weighted by Gasteiger charge is -2.28. The van der Waals surface area contributed by atoms with Crippen molar-refractivity contribution >= 4 is 17.8 Å². The summed E-state index contributed by atoms with van der Waals surface area (Å²) in [6.07, 6.45) is 2.37. The largest absolute Gasteiger partial charge is 0.481 e. The lowest BCUT2D eigenvalue weighted by Crippen LogP contribution is -2.51. The molecule has 0 radical (unpaired) electrons. The second-order valence-electron chi connectivity index (χ2n) is 8.28. The number of amides is 2. The first-order valence-corrected chi connectivity index (χ1v) is 9.65. The summed E-state index contributed by atoms with van der Waals surface area (Å²) >= 11 is 0. The van der Waals surface area contributed by atoms with Gasteiger partial charge < -0.3 is 15.3 Å². The average Bonchev–Trinajstić information content (AvgIpc) is 3.17. The summed E-state index contributed by atoms with van der Waals surface area (Å²) in [6.45, 7) is 6.36. The fourth-order valence-corrected chi connectivity index (χ4v) is 4.56. The highest BCUT2D eigenvalue weighted by atomic mass is 16.4. The van der Waals surface area contributed by atoms with Crippen molar-refractivity contribution in [2.75, 3.05) is 13.1 Å². The van der Waals surface area contributed by atoms with E-state index in [1.54, 1.807) is 17.0 Å². The van der Waals surface area contributed by atoms with Gasteiger partial charge in [0.05, 0.1) is 5.41 Å². The Morgan fingerprint density at radius 3 is 2.56 bits per heavy atom. The first kappa shape index (κ1) is 19.4. The van der Waals surface area contributed by atoms with Gasteiger partial charge >= 0.3 is 5.97 Å². The summed E-state index contributed by atoms with van der Waals surface area (Å²) in [5.74, 6) is -1.33. The molecule has 1 aromatic rings. The number of nitrogens with one attached hydrogen (secondary N) is 1. The van der Waals surface area contributed by atoms with Crippen molar-refractivity contribution in [2.24, 2.45) is 17.3 Å². The maximum absolute atomic E-state index is 13.2. The highest BCUT2D eigenvalue weighted by Crippen LogP contribution is 2.49. The zero-order chi connectivity index (χ0) is 19.8. The van der Waals surface area contributed by atoms with E-state index < -0.39 is 17.4 Å². The van der Waals surface area contributed by atoms with Gasteiger partial charge in [0, 0.05) is 18.7 Å². The number of hydrogen-bond donors (Lipinski definition) is 2. The van der Waals surface area contributed by atoms with Crippen LogP contribution in [0.2, 0.25) is 0 Å². The number of nitrogens with zero attached hydrogens (tertiary/aromatic N) is 1. The standard InChI is InChI=1S/C21H28N2O4/c1-13(2)17(22-18(24)16-9-5-4-7-14(16)3)19(25)23-11-15-8-6-10-21(15,12-23)20(26)27/h4-5,7,9,13,15,17H,6,8,10-12H2,1-3H3,(H,22,24)(H,26,27)/t15-,17?,21+/m0/s1. The van der Waals surface area contributed by atoms with Crippen LogP contribution in [0.5, 0.6) is 0 Å². The van der Waals surface area contributed by atoms with E-state index in [2.05, 4.69) is 5.32 Å². The highest BCUT2D eigenvalue weighted by Gasteiger charge is 2.56. The molecule has 146 valence electrons. The summed E-state index contributed by atoms with van der Waals surface area (Å²) in [5, 5.41) is 12.6. The molecule has 3 atom stereocenters. The number of fused-ring (bicyclic) bond motifs is 1. The first-order chi connectivity index (χ1) is 12.8. The maximum Gasteiger partial charge on any atom is 0.311 e. The third kappa shape index (κ3) is 3.45. The van der Waals surface area contributed by atoms with E-state index in [-0.39, 0.29) is 30.2 Å². The molecule has 2 aliphatic rings. The molecule has 2 fully saturated rings. The number of benzene rings is 1. The Morgan fingerprint density at radius 2 is 1.96 bits per heavy atom. The van der Waals surface area contributed by atoms with Crippen LogP contribution in [0.15, 0.2) is 24.3 Å². The number of hydrogen-bond acceptors (Lipinski definition) is 3. The number of carbonyl (C=O) groups is 3. The van der Waals surface area contributed by atoms with Gasteiger partial charge in [-0.15, -0.1) is 0 Å². The fraction of sp³-hybridized carbons (Fsp3) is 0.571. The summed E-state index contributed by atoms with van der Waals surface area (Å²) in [5.41, 5.74) is 0.596. The molecule has 2 amide bonds. The molecule has 1 saturated carbocycles. The Kier molecular flexibility index (Phi) is 5.27. The lowest BCUT2D eigenvalue weighted by atomic mass is 9.81. The molecule has 2 N–H and O–H groups in total. The predicted octanol–water partition coefficient (Wildman–Crippen LogP) is 2.46. The molecule has 1 heterocycles. The van der Waals surface area contributed by atoms with Crippen LogP contribution in [-0.4, -0.2) is 46.9 Å². The molecule has 1 saturated heterocycles. The van der Waals surface area contributed by atoms with E-state index >= 15 is 0 Å². The number of carboxylic acid groups (broad SMARTS) is 1. The Bertz CT molecular complexity index is 760. The number of rotatable bonds is 5. The zero-order valence-corrected chi connectivity index (χ0v) is 16.2. The summed E-state index contributed by atoms with van der Waals surface area (Å²) in [6, 6.07) is 6.60. The zero-order valence-electron chi connectivity index (χ0n) is 16.2. The minimum absolute atomic E-state index is 0.0128. The lowest BCUT2D eigenvalue weighted by molar-refractivity contribution is -0.149. The van der Waals surface area contributed by atoms with Crippen LogP contribution in [-0.2, 0) is 9.59 Å². The van der Waals surface area contributed by atoms with Gasteiger partial charge in [-0.1, -0.05) is 38.5 Å². The average molecular weight is 372 g/mol. The van der Waals surface area contributed by atoms with Crippen molar-refractivity contribution in [1.29, 1.82) is 0 Å². The molecule has 1 aliphatic carbocycles. The van der Waals surface area contributed by atoms with E-state index in [1.165, 1.54) is 0 Å². The van der Waals surface area contributed by atoms with Gasteiger partial charge in [0.15, 0.2) is 0 Å². The van der Waals surface area contributed by atoms with Gasteiger partial charge in [0.2, 0.25) is 5.91 Å². The van der Waals surface area contributed by atoms with Crippen LogP contribution in [0.25, 0.3) is 0 Å². The Labute approximate surface area is 159 Å². The van der Waals surface area contributed by atoms with Gasteiger partial charge in [-0.2, -0.15) is 0 Å². The van der Waals surface area contributed by atoms with E-state index in [1.807, 2.05) is 32.9 Å². The fourth-order valence-electron chi connectivity index (χ4n) is 4.56. The van der Waals surface area contributed by atoms with Gasteiger partial charge in [0.1, 0.15) is 6.04 Å². The molecule has 0 bridgehead atoms. The monoisotopic (exact) mass is 372 g/mol. The Hall–Kier alpha value is -2.37. The summed E-state index contributed by atoms with van der Waals surface area (Å²) in [7, 11) is 0. The second kappa shape index (κ2) is 7.33. The third-order valence-electron chi connectivity index (χ3n) is 6.22. The van der Waals surface area contributed by atoms with E-state index in [0.717, 1.165) is 18.4 Å². The number of aliphatic carboxylic acids is 1. The SMILES string of the molecule is Cc1ccccc1C(=O)NC(C(=O)N1C[C@@H]2CCC[C@@]2(C(=O)O)C1)C(C)C. The summed E-state index contributed by atoms with van der Waals surface area (Å²) < 4.78 is 0. The minimum Gasteiger partial charge on any atom is -0.481 e. The van der Waals surface area contributed by atoms with Crippen LogP contribution in [0.4, 0.5) is 0 Å². The van der Waals surface area contributed by atoms with Crippen molar-refractivity contribution < 1.29 is 19.5 Å². The van der Waals surface area contributed by atoms with Crippen molar-refractivity contribution in [2.45, 2.75) is 46.1 Å². The van der Waals surface area contributed by atoms with E-state index in [0.29, 0.717) is 18.5 Å². The van der Waals surface area contributed by atoms with E-state index in [4.69, 9.17) is 0 Å². The maximum atomic E-state index is 13.2. The van der Waals surface area contributed by atoms with Gasteiger partial charge in [-0.3, -0.25) is 14.4 Å². The number of likely N-dealkylation sites (tertiary alicyclic amines) is 1. The van der Waals surface area contributed by atoms with Crippen molar-refractivity contribution in [3.8, 4) is 0 Å². The number of carbonyl (C=O) groups excluding carboxylic acids is 2. The Morgan fingerprint density at radius 1 is 1.26 bits per heavy atom. The first-order valence-electron chi connectivity index (χ1n) is 9.65. The highest BCUT2D eigenvalue weighted by molar-refractivity contribution is 5.98. The van der Waals surface area contributed by atoms with Crippen LogP contribution in [0.3, 0.4) is 0 Å². The van der Waals surface area contributed by atoms with Crippen molar-refractivity contribution in [3.63, 3.8) is 0 Å². The minimum atomic E-state index is -0.808. The molecule has 0 spiro atoms. The van der Waals surface area contributed by atoms with Gasteiger partial charge in [-0.25, -0.2) is 0 Å². The van der Waals surface area contributed by atoms with E-state index in [9.17, 15) is 19.5 Å². The normalized spacial score (nSPS) is 25.3. The molecule has 6 heteroatoms. The smallest absolute Gasteiger partial charge is 0.311 e. The third-order valence-corrected chi connectivity index (χ3v) is 6.22. The van der Waals surface area contributed by atoms with Crippen LogP contribution >= 0.6 is 0 Å².